The predicted octanol–water partition coefficient (Wildman–Crippen LogP) is 5.10. The van der Waals surface area contributed by atoms with E-state index in [0.29, 0.717) is 26.7 Å². The van der Waals surface area contributed by atoms with Crippen molar-refractivity contribution in [1.82, 2.24) is 4.90 Å². The standard InChI is InChI=1S/C29H27BrINO6/c1-38-22-10-13(9-20(31)27(22)35)23-15-7-8-16-24(29(37)32(28(16)36)14-5-3-2-4-6-14)17(15)11-18-25(23)21(33)12-19(30)26(18)34/h7,9-10,12,14,16-17,23-24,35H,2-6,8,11H2,1H3. The molecule has 0 aromatic heterocycles. The van der Waals surface area contributed by atoms with Crippen molar-refractivity contribution in [3.8, 4) is 11.5 Å². The number of aromatic hydroxyl groups is 1. The Labute approximate surface area is 242 Å². The first-order chi connectivity index (χ1) is 18.2. The van der Waals surface area contributed by atoms with Gasteiger partial charge >= 0.3 is 0 Å². The Morgan fingerprint density at radius 1 is 1.05 bits per heavy atom. The van der Waals surface area contributed by atoms with Crippen molar-refractivity contribution in [2.24, 2.45) is 17.8 Å². The number of carbonyl (C=O) groups excluding carboxylic acids is 4. The lowest BCUT2D eigenvalue weighted by Gasteiger charge is -2.42. The van der Waals surface area contributed by atoms with Crippen LogP contribution in [0.25, 0.3) is 0 Å². The van der Waals surface area contributed by atoms with Gasteiger partial charge in [-0.05, 0) is 87.8 Å². The molecule has 38 heavy (non-hydrogen) atoms. The summed E-state index contributed by atoms with van der Waals surface area (Å²) in [4.78, 5) is 55.8. The summed E-state index contributed by atoms with van der Waals surface area (Å²) >= 11 is 5.28. The zero-order chi connectivity index (χ0) is 26.9. The summed E-state index contributed by atoms with van der Waals surface area (Å²) in [6.07, 6.45) is 8.85. The van der Waals surface area contributed by atoms with Gasteiger partial charge in [0.2, 0.25) is 11.8 Å². The van der Waals surface area contributed by atoms with Crippen LogP contribution in [0.5, 0.6) is 11.5 Å². The van der Waals surface area contributed by atoms with E-state index in [2.05, 4.69) is 15.9 Å². The molecule has 4 atom stereocenters. The Kier molecular flexibility index (Phi) is 6.65. The van der Waals surface area contributed by atoms with Crippen molar-refractivity contribution in [1.29, 1.82) is 0 Å². The normalized spacial score (nSPS) is 29.6. The number of Topliss-reactive ketones (excluding diaryl/α,β-unsaturated/α-hetero) is 1. The molecule has 0 spiro atoms. The molecule has 9 heteroatoms. The number of fused-ring (bicyclic) bond motifs is 3. The van der Waals surface area contributed by atoms with E-state index in [1.807, 2.05) is 28.7 Å². The Bertz CT molecular complexity index is 1390. The monoisotopic (exact) mass is 691 g/mol. The Hall–Kier alpha value is -2.27. The van der Waals surface area contributed by atoms with E-state index >= 15 is 0 Å². The molecular weight excluding hydrogens is 665 g/mol. The second kappa shape index (κ2) is 9.73. The summed E-state index contributed by atoms with van der Waals surface area (Å²) in [6, 6.07) is 3.44. The van der Waals surface area contributed by atoms with Gasteiger partial charge in [0.25, 0.3) is 0 Å². The fourth-order valence-electron chi connectivity index (χ4n) is 7.23. The number of halogens is 2. The van der Waals surface area contributed by atoms with Crippen molar-refractivity contribution in [2.45, 2.75) is 56.9 Å². The van der Waals surface area contributed by atoms with Gasteiger partial charge in [0.05, 0.1) is 27.0 Å². The van der Waals surface area contributed by atoms with E-state index in [0.717, 1.165) is 37.7 Å². The van der Waals surface area contributed by atoms with Crippen LogP contribution in [-0.4, -0.2) is 46.5 Å². The van der Waals surface area contributed by atoms with Gasteiger partial charge in [-0.2, -0.15) is 0 Å². The fraction of sp³-hybridized carbons (Fsp3) is 0.448. The Morgan fingerprint density at radius 3 is 2.50 bits per heavy atom. The number of phenolic OH excluding ortho intramolecular Hbond substituents is 1. The molecule has 6 rings (SSSR count). The second-order valence-electron chi connectivity index (χ2n) is 10.8. The van der Waals surface area contributed by atoms with Crippen molar-refractivity contribution in [3.63, 3.8) is 0 Å². The summed E-state index contributed by atoms with van der Waals surface area (Å²) in [5.74, 6) is -2.39. The molecule has 2 fully saturated rings. The van der Waals surface area contributed by atoms with Crippen LogP contribution in [-0.2, 0) is 19.2 Å². The molecule has 0 bridgehead atoms. The van der Waals surface area contributed by atoms with Gasteiger partial charge < -0.3 is 9.84 Å². The van der Waals surface area contributed by atoms with E-state index in [9.17, 15) is 24.3 Å². The lowest BCUT2D eigenvalue weighted by molar-refractivity contribution is -0.143. The molecule has 1 saturated heterocycles. The second-order valence-corrected chi connectivity index (χ2v) is 12.8. The molecule has 1 aromatic carbocycles. The molecular formula is C29H27BrINO6. The summed E-state index contributed by atoms with van der Waals surface area (Å²) < 4.78 is 6.17. The highest BCUT2D eigenvalue weighted by molar-refractivity contribution is 14.1. The molecule has 1 saturated carbocycles. The van der Waals surface area contributed by atoms with Gasteiger partial charge in [-0.1, -0.05) is 30.9 Å². The number of carbonyl (C=O) groups is 4. The Morgan fingerprint density at radius 2 is 1.79 bits per heavy atom. The predicted molar refractivity (Wildman–Crippen MR) is 151 cm³/mol. The van der Waals surface area contributed by atoms with Gasteiger partial charge in [-0.3, -0.25) is 24.1 Å². The van der Waals surface area contributed by atoms with Crippen LogP contribution in [0.15, 0.2) is 45.5 Å². The van der Waals surface area contributed by atoms with Crippen LogP contribution in [0.1, 0.15) is 56.4 Å². The molecule has 1 heterocycles. The first-order valence-electron chi connectivity index (χ1n) is 13.1. The summed E-state index contributed by atoms with van der Waals surface area (Å²) in [5, 5.41) is 10.5. The number of hydrogen-bond donors (Lipinski definition) is 1. The lowest BCUT2D eigenvalue weighted by Crippen LogP contribution is -2.43. The van der Waals surface area contributed by atoms with E-state index < -0.39 is 17.8 Å². The topological polar surface area (TPSA) is 101 Å². The van der Waals surface area contributed by atoms with Crippen LogP contribution in [0.3, 0.4) is 0 Å². The van der Waals surface area contributed by atoms with Crippen LogP contribution in [0.2, 0.25) is 0 Å². The van der Waals surface area contributed by atoms with Gasteiger partial charge in [0.15, 0.2) is 23.1 Å². The minimum Gasteiger partial charge on any atom is -0.504 e. The highest BCUT2D eigenvalue weighted by Crippen LogP contribution is 2.56. The van der Waals surface area contributed by atoms with Crippen LogP contribution in [0.4, 0.5) is 0 Å². The number of imide groups is 1. The molecule has 198 valence electrons. The Balaban J connectivity index is 1.49. The number of benzene rings is 1. The molecule has 2 amide bonds. The fourth-order valence-corrected chi connectivity index (χ4v) is 8.30. The minimum absolute atomic E-state index is 0.00415. The highest BCUT2D eigenvalue weighted by Gasteiger charge is 2.57. The number of ketones is 2. The number of rotatable bonds is 3. The van der Waals surface area contributed by atoms with Gasteiger partial charge in [-0.15, -0.1) is 0 Å². The van der Waals surface area contributed by atoms with Gasteiger partial charge in [0.1, 0.15) is 0 Å². The number of methoxy groups -OCH3 is 1. The average Bonchev–Trinajstić information content (AvgIpc) is 3.17. The third-order valence-electron chi connectivity index (χ3n) is 8.91. The molecule has 1 N–H and O–H groups in total. The lowest BCUT2D eigenvalue weighted by atomic mass is 9.59. The van der Waals surface area contributed by atoms with Crippen molar-refractivity contribution in [2.75, 3.05) is 7.11 Å². The zero-order valence-electron chi connectivity index (χ0n) is 20.8. The van der Waals surface area contributed by atoms with Crippen LogP contribution < -0.4 is 4.74 Å². The third kappa shape index (κ3) is 3.86. The summed E-state index contributed by atoms with van der Waals surface area (Å²) in [7, 11) is 1.46. The number of ether oxygens (including phenoxy) is 1. The maximum atomic E-state index is 14.0. The van der Waals surface area contributed by atoms with E-state index in [4.69, 9.17) is 4.74 Å². The van der Waals surface area contributed by atoms with Crippen LogP contribution >= 0.6 is 38.5 Å². The van der Waals surface area contributed by atoms with Crippen molar-refractivity contribution < 1.29 is 29.0 Å². The first kappa shape index (κ1) is 26.0. The molecule has 1 aromatic rings. The molecule has 1 aliphatic heterocycles. The van der Waals surface area contributed by atoms with E-state index in [1.54, 1.807) is 17.0 Å². The maximum Gasteiger partial charge on any atom is 0.233 e. The minimum atomic E-state index is -0.576. The first-order valence-corrected chi connectivity index (χ1v) is 14.9. The van der Waals surface area contributed by atoms with Crippen LogP contribution in [0, 0.1) is 21.3 Å². The van der Waals surface area contributed by atoms with Crippen molar-refractivity contribution in [3.05, 3.63) is 54.6 Å². The molecule has 4 unspecified atom stereocenters. The summed E-state index contributed by atoms with van der Waals surface area (Å²) in [5.41, 5.74) is 2.41. The third-order valence-corrected chi connectivity index (χ3v) is 10.3. The molecule has 4 aliphatic carbocycles. The SMILES string of the molecule is COc1cc(C2C3=CCC4C(=O)N(C5CCCCC5)C(=O)C4C3CC3=C2C(=O)C=C(Br)C3=O)cc(I)c1O. The summed E-state index contributed by atoms with van der Waals surface area (Å²) in [6.45, 7) is 0. The number of amides is 2. The largest absolute Gasteiger partial charge is 0.504 e. The van der Waals surface area contributed by atoms with E-state index in [-0.39, 0.29) is 57.7 Å². The number of phenols is 1. The number of nitrogens with zero attached hydrogens (tertiary/aromatic N) is 1. The highest BCUT2D eigenvalue weighted by atomic mass is 127. The number of likely N-dealkylation sites (tertiary alicyclic amines) is 1. The molecule has 0 radical (unpaired) electrons. The molecule has 5 aliphatic rings. The quantitative estimate of drug-likeness (QED) is 0.205. The van der Waals surface area contributed by atoms with Gasteiger partial charge in [-0.25, -0.2) is 0 Å². The molecule has 7 nitrogen and oxygen atoms in total. The van der Waals surface area contributed by atoms with Gasteiger partial charge in [0, 0.05) is 29.2 Å². The number of hydrogen-bond acceptors (Lipinski definition) is 6. The van der Waals surface area contributed by atoms with Crippen molar-refractivity contribution >= 4 is 61.9 Å². The maximum absolute atomic E-state index is 14.0. The number of allylic oxidation sites excluding steroid dienone is 6. The average molecular weight is 692 g/mol. The zero-order valence-corrected chi connectivity index (χ0v) is 24.6. The smallest absolute Gasteiger partial charge is 0.233 e. The van der Waals surface area contributed by atoms with E-state index in [1.165, 1.54) is 13.2 Å².